The fourth-order valence-corrected chi connectivity index (χ4v) is 1.67. The molecule has 0 aliphatic rings. The predicted octanol–water partition coefficient (Wildman–Crippen LogP) is 2.12. The van der Waals surface area contributed by atoms with Gasteiger partial charge in [0, 0.05) is 12.1 Å². The lowest BCUT2D eigenvalue weighted by atomic mass is 9.85. The lowest BCUT2D eigenvalue weighted by molar-refractivity contribution is 0.412. The monoisotopic (exact) mass is 192 g/mol. The van der Waals surface area contributed by atoms with Gasteiger partial charge in [0.1, 0.15) is 0 Å². The van der Waals surface area contributed by atoms with Crippen LogP contribution < -0.4 is 11.5 Å². The minimum absolute atomic E-state index is 0.189. The first-order valence-electron chi connectivity index (χ1n) is 5.24. The largest absolute Gasteiger partial charge is 0.326 e. The molecule has 0 aliphatic heterocycles. The standard InChI is InChI=1S/C12H20N2/c1-3-12(14,4-2)11-7-5-6-10(8-11)9-13/h5-8H,3-4,9,13-14H2,1-2H3. The normalized spacial score (nSPS) is 11.7. The molecule has 0 radical (unpaired) electrons. The lowest BCUT2D eigenvalue weighted by Crippen LogP contribution is -2.35. The molecule has 0 unspecified atom stereocenters. The highest BCUT2D eigenvalue weighted by atomic mass is 14.7. The minimum atomic E-state index is -0.189. The Morgan fingerprint density at radius 1 is 1.21 bits per heavy atom. The van der Waals surface area contributed by atoms with Crippen LogP contribution in [0.25, 0.3) is 0 Å². The van der Waals surface area contributed by atoms with Crippen molar-refractivity contribution in [1.82, 2.24) is 0 Å². The maximum atomic E-state index is 6.30. The van der Waals surface area contributed by atoms with E-state index in [9.17, 15) is 0 Å². The zero-order valence-electron chi connectivity index (χ0n) is 9.09. The van der Waals surface area contributed by atoms with Crippen LogP contribution in [-0.2, 0) is 12.1 Å². The second-order valence-corrected chi connectivity index (χ2v) is 3.77. The molecule has 0 saturated heterocycles. The van der Waals surface area contributed by atoms with Crippen LogP contribution in [0.1, 0.15) is 37.8 Å². The molecule has 0 bridgehead atoms. The number of benzene rings is 1. The van der Waals surface area contributed by atoms with E-state index in [1.807, 2.05) is 12.1 Å². The highest BCUT2D eigenvalue weighted by Crippen LogP contribution is 2.25. The summed E-state index contributed by atoms with van der Waals surface area (Å²) in [4.78, 5) is 0. The van der Waals surface area contributed by atoms with Crippen LogP contribution in [0.3, 0.4) is 0 Å². The molecular formula is C12H20N2. The highest BCUT2D eigenvalue weighted by Gasteiger charge is 2.22. The molecule has 0 fully saturated rings. The molecule has 0 aliphatic carbocycles. The van der Waals surface area contributed by atoms with Crippen molar-refractivity contribution < 1.29 is 0 Å². The Balaban J connectivity index is 3.04. The molecule has 0 spiro atoms. The Morgan fingerprint density at radius 3 is 2.36 bits per heavy atom. The summed E-state index contributed by atoms with van der Waals surface area (Å²) < 4.78 is 0. The SMILES string of the molecule is CCC(N)(CC)c1cccc(CN)c1. The van der Waals surface area contributed by atoms with Gasteiger partial charge in [-0.25, -0.2) is 0 Å². The summed E-state index contributed by atoms with van der Waals surface area (Å²) in [5, 5.41) is 0. The summed E-state index contributed by atoms with van der Waals surface area (Å²) in [6.45, 7) is 4.83. The molecule has 1 aromatic carbocycles. The van der Waals surface area contributed by atoms with Gasteiger partial charge in [-0.15, -0.1) is 0 Å². The van der Waals surface area contributed by atoms with Crippen molar-refractivity contribution >= 4 is 0 Å². The van der Waals surface area contributed by atoms with Crippen molar-refractivity contribution in [3.8, 4) is 0 Å². The second kappa shape index (κ2) is 4.58. The summed E-state index contributed by atoms with van der Waals surface area (Å²) in [5.74, 6) is 0. The van der Waals surface area contributed by atoms with Crippen molar-refractivity contribution in [2.45, 2.75) is 38.8 Å². The van der Waals surface area contributed by atoms with E-state index in [1.54, 1.807) is 0 Å². The molecule has 14 heavy (non-hydrogen) atoms. The Kier molecular flexibility index (Phi) is 3.67. The summed E-state index contributed by atoms with van der Waals surface area (Å²) in [6.07, 6.45) is 1.91. The topological polar surface area (TPSA) is 52.0 Å². The molecule has 4 N–H and O–H groups in total. The zero-order chi connectivity index (χ0) is 10.6. The fourth-order valence-electron chi connectivity index (χ4n) is 1.67. The van der Waals surface area contributed by atoms with Gasteiger partial charge in [0.25, 0.3) is 0 Å². The van der Waals surface area contributed by atoms with Gasteiger partial charge >= 0.3 is 0 Å². The predicted molar refractivity (Wildman–Crippen MR) is 60.8 cm³/mol. The number of hydrogen-bond donors (Lipinski definition) is 2. The molecule has 1 rings (SSSR count). The van der Waals surface area contributed by atoms with Gasteiger partial charge in [0.05, 0.1) is 0 Å². The van der Waals surface area contributed by atoms with Crippen LogP contribution in [0.15, 0.2) is 24.3 Å². The van der Waals surface area contributed by atoms with Crippen molar-refractivity contribution in [1.29, 1.82) is 0 Å². The molecule has 0 heterocycles. The van der Waals surface area contributed by atoms with Crippen molar-refractivity contribution in [2.24, 2.45) is 11.5 Å². The minimum Gasteiger partial charge on any atom is -0.326 e. The van der Waals surface area contributed by atoms with Gasteiger partial charge in [0.15, 0.2) is 0 Å². The van der Waals surface area contributed by atoms with Gasteiger partial charge in [-0.2, -0.15) is 0 Å². The Bertz CT molecular complexity index is 290. The summed E-state index contributed by atoms with van der Waals surface area (Å²) in [7, 11) is 0. The maximum Gasteiger partial charge on any atom is 0.0404 e. The van der Waals surface area contributed by atoms with Crippen LogP contribution >= 0.6 is 0 Å². The van der Waals surface area contributed by atoms with E-state index >= 15 is 0 Å². The van der Waals surface area contributed by atoms with E-state index in [2.05, 4.69) is 26.0 Å². The van der Waals surface area contributed by atoms with Gasteiger partial charge < -0.3 is 11.5 Å². The van der Waals surface area contributed by atoms with Gasteiger partial charge in [-0.05, 0) is 24.0 Å². The van der Waals surface area contributed by atoms with E-state index in [4.69, 9.17) is 11.5 Å². The van der Waals surface area contributed by atoms with Gasteiger partial charge in [0.2, 0.25) is 0 Å². The van der Waals surface area contributed by atoms with Crippen molar-refractivity contribution in [3.05, 3.63) is 35.4 Å². The third kappa shape index (κ3) is 2.14. The molecule has 2 nitrogen and oxygen atoms in total. The zero-order valence-corrected chi connectivity index (χ0v) is 9.09. The first-order chi connectivity index (χ1) is 6.66. The van der Waals surface area contributed by atoms with E-state index < -0.39 is 0 Å². The molecule has 0 saturated carbocycles. The molecular weight excluding hydrogens is 172 g/mol. The molecule has 0 amide bonds. The molecule has 1 aromatic rings. The van der Waals surface area contributed by atoms with Crippen LogP contribution in [0, 0.1) is 0 Å². The Hall–Kier alpha value is -0.860. The van der Waals surface area contributed by atoms with Crippen LogP contribution in [0.4, 0.5) is 0 Å². The summed E-state index contributed by atoms with van der Waals surface area (Å²) in [5.41, 5.74) is 14.1. The fraction of sp³-hybridized carbons (Fsp3) is 0.500. The van der Waals surface area contributed by atoms with Crippen LogP contribution in [-0.4, -0.2) is 0 Å². The van der Waals surface area contributed by atoms with E-state index in [0.29, 0.717) is 6.54 Å². The number of hydrogen-bond acceptors (Lipinski definition) is 2. The Morgan fingerprint density at radius 2 is 1.86 bits per heavy atom. The summed E-state index contributed by atoms with van der Waals surface area (Å²) >= 11 is 0. The second-order valence-electron chi connectivity index (χ2n) is 3.77. The number of rotatable bonds is 4. The molecule has 0 aromatic heterocycles. The highest BCUT2D eigenvalue weighted by molar-refractivity contribution is 5.29. The van der Waals surface area contributed by atoms with Gasteiger partial charge in [-0.1, -0.05) is 38.1 Å². The van der Waals surface area contributed by atoms with Crippen molar-refractivity contribution in [2.75, 3.05) is 0 Å². The summed E-state index contributed by atoms with van der Waals surface area (Å²) in [6, 6.07) is 8.28. The average Bonchev–Trinajstić information content (AvgIpc) is 2.28. The third-order valence-electron chi connectivity index (χ3n) is 3.00. The smallest absolute Gasteiger partial charge is 0.0404 e. The molecule has 78 valence electrons. The first-order valence-corrected chi connectivity index (χ1v) is 5.24. The van der Waals surface area contributed by atoms with E-state index in [0.717, 1.165) is 18.4 Å². The Labute approximate surface area is 86.3 Å². The van der Waals surface area contributed by atoms with E-state index in [-0.39, 0.29) is 5.54 Å². The van der Waals surface area contributed by atoms with Crippen molar-refractivity contribution in [3.63, 3.8) is 0 Å². The quantitative estimate of drug-likeness (QED) is 0.767. The first kappa shape index (κ1) is 11.2. The van der Waals surface area contributed by atoms with Crippen LogP contribution in [0.5, 0.6) is 0 Å². The molecule has 2 heteroatoms. The van der Waals surface area contributed by atoms with Gasteiger partial charge in [-0.3, -0.25) is 0 Å². The van der Waals surface area contributed by atoms with E-state index in [1.165, 1.54) is 5.56 Å². The third-order valence-corrected chi connectivity index (χ3v) is 3.00. The maximum absolute atomic E-state index is 6.30. The average molecular weight is 192 g/mol. The van der Waals surface area contributed by atoms with Crippen LogP contribution in [0.2, 0.25) is 0 Å². The molecule has 0 atom stereocenters. The number of nitrogens with two attached hydrogens (primary N) is 2. The lowest BCUT2D eigenvalue weighted by Gasteiger charge is -2.27.